The zero-order chi connectivity index (χ0) is 15.0. The SMILES string of the molecule is COCOC(B(OC(C)C)OC(C)C)C1CC=CCC1. The molecule has 0 aliphatic heterocycles. The highest BCUT2D eigenvalue weighted by Crippen LogP contribution is 2.27. The van der Waals surface area contributed by atoms with Crippen LogP contribution in [0.3, 0.4) is 0 Å². The lowest BCUT2D eigenvalue weighted by atomic mass is 9.69. The number of ether oxygens (including phenoxy) is 2. The third kappa shape index (κ3) is 6.40. The maximum absolute atomic E-state index is 5.95. The summed E-state index contributed by atoms with van der Waals surface area (Å²) in [6.45, 7) is 8.34. The molecule has 0 saturated heterocycles. The Balaban J connectivity index is 2.75. The van der Waals surface area contributed by atoms with Crippen LogP contribution < -0.4 is 0 Å². The van der Waals surface area contributed by atoms with Crippen molar-refractivity contribution in [1.82, 2.24) is 0 Å². The minimum absolute atomic E-state index is 0.0929. The van der Waals surface area contributed by atoms with Crippen molar-refractivity contribution >= 4 is 7.12 Å². The van der Waals surface area contributed by atoms with E-state index < -0.39 is 0 Å². The maximum Gasteiger partial charge on any atom is 0.488 e. The maximum atomic E-state index is 5.95. The molecule has 0 heterocycles. The van der Waals surface area contributed by atoms with Crippen molar-refractivity contribution in [1.29, 1.82) is 0 Å². The summed E-state index contributed by atoms with van der Waals surface area (Å²) in [7, 11) is 1.29. The van der Waals surface area contributed by atoms with Gasteiger partial charge in [0.1, 0.15) is 6.79 Å². The number of hydrogen-bond acceptors (Lipinski definition) is 4. The van der Waals surface area contributed by atoms with E-state index in [-0.39, 0.29) is 32.1 Å². The average molecular weight is 284 g/mol. The van der Waals surface area contributed by atoms with Gasteiger partial charge in [0.25, 0.3) is 0 Å². The highest BCUT2D eigenvalue weighted by Gasteiger charge is 2.39. The Morgan fingerprint density at radius 3 is 2.20 bits per heavy atom. The Bertz CT molecular complexity index is 271. The van der Waals surface area contributed by atoms with Crippen LogP contribution in [0.15, 0.2) is 12.2 Å². The molecule has 0 saturated carbocycles. The molecule has 0 radical (unpaired) electrons. The second-order valence-electron chi connectivity index (χ2n) is 5.82. The van der Waals surface area contributed by atoms with Crippen LogP contribution in [0.5, 0.6) is 0 Å². The van der Waals surface area contributed by atoms with Crippen LogP contribution >= 0.6 is 0 Å². The van der Waals surface area contributed by atoms with E-state index in [1.807, 2.05) is 27.7 Å². The van der Waals surface area contributed by atoms with Gasteiger partial charge < -0.3 is 18.8 Å². The molecular weight excluding hydrogens is 255 g/mol. The van der Waals surface area contributed by atoms with Gasteiger partial charge in [-0.25, -0.2) is 0 Å². The van der Waals surface area contributed by atoms with Crippen LogP contribution in [0, 0.1) is 5.92 Å². The van der Waals surface area contributed by atoms with E-state index in [4.69, 9.17) is 18.8 Å². The fourth-order valence-electron chi connectivity index (χ4n) is 2.42. The lowest BCUT2D eigenvalue weighted by molar-refractivity contribution is -0.0805. The van der Waals surface area contributed by atoms with Gasteiger partial charge in [0.05, 0.1) is 6.00 Å². The Hall–Kier alpha value is -0.355. The molecule has 0 fully saturated rings. The van der Waals surface area contributed by atoms with Crippen molar-refractivity contribution in [3.05, 3.63) is 12.2 Å². The highest BCUT2D eigenvalue weighted by atomic mass is 16.7. The van der Waals surface area contributed by atoms with Crippen LogP contribution in [0.2, 0.25) is 0 Å². The van der Waals surface area contributed by atoms with Gasteiger partial charge in [-0.3, -0.25) is 0 Å². The van der Waals surface area contributed by atoms with Gasteiger partial charge in [-0.1, -0.05) is 12.2 Å². The lowest BCUT2D eigenvalue weighted by Crippen LogP contribution is -2.47. The fourth-order valence-corrected chi connectivity index (χ4v) is 2.42. The monoisotopic (exact) mass is 284 g/mol. The minimum Gasteiger partial charge on any atom is -0.407 e. The molecule has 0 spiro atoms. The van der Waals surface area contributed by atoms with Crippen LogP contribution in [0.1, 0.15) is 47.0 Å². The van der Waals surface area contributed by atoms with Gasteiger partial charge in [-0.05, 0) is 52.9 Å². The molecule has 1 rings (SSSR count). The average Bonchev–Trinajstić information content (AvgIpc) is 2.39. The van der Waals surface area contributed by atoms with Crippen molar-refractivity contribution in [3.63, 3.8) is 0 Å². The van der Waals surface area contributed by atoms with Crippen LogP contribution in [-0.2, 0) is 18.8 Å². The topological polar surface area (TPSA) is 36.9 Å². The first-order valence-corrected chi connectivity index (χ1v) is 7.61. The van der Waals surface area contributed by atoms with Crippen LogP contribution in [-0.4, -0.2) is 39.2 Å². The van der Waals surface area contributed by atoms with Crippen LogP contribution in [0.25, 0.3) is 0 Å². The highest BCUT2D eigenvalue weighted by molar-refractivity contribution is 6.46. The van der Waals surface area contributed by atoms with Crippen LogP contribution in [0.4, 0.5) is 0 Å². The van der Waals surface area contributed by atoms with E-state index >= 15 is 0 Å². The van der Waals surface area contributed by atoms with Gasteiger partial charge in [0, 0.05) is 19.3 Å². The summed E-state index contributed by atoms with van der Waals surface area (Å²) in [6, 6.07) is -0.0929. The van der Waals surface area contributed by atoms with E-state index in [1.54, 1.807) is 7.11 Å². The normalized spacial score (nSPS) is 20.6. The molecule has 0 amide bonds. The van der Waals surface area contributed by atoms with E-state index in [0.717, 1.165) is 19.3 Å². The summed E-state index contributed by atoms with van der Waals surface area (Å²) in [6.07, 6.45) is 7.86. The molecule has 1 aliphatic rings. The molecule has 4 nitrogen and oxygen atoms in total. The molecule has 0 bridgehead atoms. The molecular formula is C15H29BO4. The third-order valence-corrected chi connectivity index (χ3v) is 3.23. The first-order chi connectivity index (χ1) is 9.54. The summed E-state index contributed by atoms with van der Waals surface area (Å²) in [5.74, 6) is 0.414. The van der Waals surface area contributed by atoms with Gasteiger partial charge in [-0.15, -0.1) is 0 Å². The summed E-state index contributed by atoms with van der Waals surface area (Å²) in [5.41, 5.74) is 0. The first-order valence-electron chi connectivity index (χ1n) is 7.61. The number of rotatable bonds is 9. The third-order valence-electron chi connectivity index (χ3n) is 3.23. The largest absolute Gasteiger partial charge is 0.488 e. The van der Waals surface area contributed by atoms with E-state index in [2.05, 4.69) is 12.2 Å². The van der Waals surface area contributed by atoms with Crippen molar-refractivity contribution in [2.45, 2.75) is 65.2 Å². The number of allylic oxidation sites excluding steroid dienone is 2. The molecule has 2 atom stereocenters. The van der Waals surface area contributed by atoms with Gasteiger partial charge >= 0.3 is 7.12 Å². The lowest BCUT2D eigenvalue weighted by Gasteiger charge is -2.32. The van der Waals surface area contributed by atoms with Crippen molar-refractivity contribution in [2.24, 2.45) is 5.92 Å². The van der Waals surface area contributed by atoms with Gasteiger partial charge in [0.2, 0.25) is 0 Å². The summed E-state index contributed by atoms with van der Waals surface area (Å²) in [5, 5.41) is 0. The molecule has 5 heteroatoms. The predicted molar refractivity (Wildman–Crippen MR) is 81.4 cm³/mol. The first kappa shape index (κ1) is 17.7. The quantitative estimate of drug-likeness (QED) is 0.370. The molecule has 20 heavy (non-hydrogen) atoms. The Morgan fingerprint density at radius 1 is 1.10 bits per heavy atom. The molecule has 0 N–H and O–H groups in total. The molecule has 0 aromatic carbocycles. The standard InChI is InChI=1S/C15H29BO4/c1-12(2)19-16(20-13(3)4)15(18-11-17-5)14-9-7-6-8-10-14/h6-7,12-15H,8-11H2,1-5H3. The Labute approximate surface area is 123 Å². The minimum atomic E-state index is -0.346. The summed E-state index contributed by atoms with van der Waals surface area (Å²) < 4.78 is 22.9. The molecule has 0 aromatic rings. The second kappa shape index (κ2) is 9.56. The Kier molecular flexibility index (Phi) is 8.46. The van der Waals surface area contributed by atoms with Crippen molar-refractivity contribution in [3.8, 4) is 0 Å². The molecule has 0 aromatic heterocycles. The van der Waals surface area contributed by atoms with E-state index in [1.165, 1.54) is 0 Å². The van der Waals surface area contributed by atoms with Gasteiger partial charge in [0.15, 0.2) is 0 Å². The molecule has 2 unspecified atom stereocenters. The summed E-state index contributed by atoms with van der Waals surface area (Å²) in [4.78, 5) is 0. The zero-order valence-electron chi connectivity index (χ0n) is 13.5. The molecule has 1 aliphatic carbocycles. The van der Waals surface area contributed by atoms with Gasteiger partial charge in [-0.2, -0.15) is 0 Å². The van der Waals surface area contributed by atoms with Crippen molar-refractivity contribution in [2.75, 3.05) is 13.9 Å². The second-order valence-corrected chi connectivity index (χ2v) is 5.82. The number of hydrogen-bond donors (Lipinski definition) is 0. The summed E-state index contributed by atoms with van der Waals surface area (Å²) >= 11 is 0. The fraction of sp³-hybridized carbons (Fsp3) is 0.867. The smallest absolute Gasteiger partial charge is 0.407 e. The molecule has 116 valence electrons. The zero-order valence-corrected chi connectivity index (χ0v) is 13.5. The Morgan fingerprint density at radius 2 is 1.75 bits per heavy atom. The number of methoxy groups -OCH3 is 1. The van der Waals surface area contributed by atoms with E-state index in [9.17, 15) is 0 Å². The predicted octanol–water partition coefficient (Wildman–Crippen LogP) is 3.21. The van der Waals surface area contributed by atoms with Crippen molar-refractivity contribution < 1.29 is 18.8 Å². The van der Waals surface area contributed by atoms with E-state index in [0.29, 0.717) is 5.92 Å².